The quantitative estimate of drug-likeness (QED) is 0.876. The molecule has 1 aliphatic carbocycles. The van der Waals surface area contributed by atoms with E-state index >= 15 is 0 Å². The molecule has 0 amide bonds. The lowest BCUT2D eigenvalue weighted by molar-refractivity contribution is 0.0626. The Bertz CT molecular complexity index is 804. The van der Waals surface area contributed by atoms with Gasteiger partial charge in [-0.15, -0.1) is 11.3 Å². The second-order valence-corrected chi connectivity index (χ2v) is 8.51. The number of nitrogens with one attached hydrogen (secondary N) is 1. The fourth-order valence-corrected chi connectivity index (χ4v) is 5.40. The minimum Gasteiger partial charge on any atom is -0.393 e. The highest BCUT2D eigenvalue weighted by Crippen LogP contribution is 2.36. The van der Waals surface area contributed by atoms with Gasteiger partial charge in [0.05, 0.1) is 17.5 Å². The van der Waals surface area contributed by atoms with Crippen LogP contribution in [0.25, 0.3) is 10.2 Å². The van der Waals surface area contributed by atoms with Crippen molar-refractivity contribution in [1.29, 1.82) is 0 Å². The van der Waals surface area contributed by atoms with E-state index in [4.69, 9.17) is 4.98 Å². The Kier molecular flexibility index (Phi) is 4.22. The van der Waals surface area contributed by atoms with Gasteiger partial charge in [-0.05, 0) is 50.5 Å². The van der Waals surface area contributed by atoms with Gasteiger partial charge >= 0.3 is 0 Å². The molecule has 2 N–H and O–H groups in total. The van der Waals surface area contributed by atoms with Gasteiger partial charge in [-0.3, -0.25) is 9.69 Å². The van der Waals surface area contributed by atoms with E-state index in [1.54, 1.807) is 11.3 Å². The maximum absolute atomic E-state index is 12.7. The Morgan fingerprint density at radius 1 is 1.33 bits per heavy atom. The molecule has 0 aromatic carbocycles. The number of aryl methyl sites for hydroxylation is 1. The second kappa shape index (κ2) is 6.24. The van der Waals surface area contributed by atoms with Crippen LogP contribution in [0, 0.1) is 5.92 Å². The van der Waals surface area contributed by atoms with E-state index in [0.717, 1.165) is 61.2 Å². The van der Waals surface area contributed by atoms with Crippen molar-refractivity contribution in [1.82, 2.24) is 14.9 Å². The molecule has 6 heteroatoms. The summed E-state index contributed by atoms with van der Waals surface area (Å²) in [6.07, 6.45) is 4.63. The number of H-pyrrole nitrogens is 1. The summed E-state index contributed by atoms with van der Waals surface area (Å²) in [5.41, 5.74) is 1.26. The Morgan fingerprint density at radius 2 is 2.08 bits per heavy atom. The number of piperidine rings is 1. The van der Waals surface area contributed by atoms with E-state index < -0.39 is 0 Å². The van der Waals surface area contributed by atoms with Gasteiger partial charge in [0.2, 0.25) is 0 Å². The smallest absolute Gasteiger partial charge is 0.259 e. The SMILES string of the molecule is C[C@H]1CCc2c(sc3nc([C@H](C)N4CCC(O)CC4)[nH]c(=O)c23)C1. The minimum absolute atomic E-state index is 0.0194. The van der Waals surface area contributed by atoms with Crippen molar-refractivity contribution in [3.8, 4) is 0 Å². The highest BCUT2D eigenvalue weighted by Gasteiger charge is 2.26. The first-order chi connectivity index (χ1) is 11.5. The molecule has 5 nitrogen and oxygen atoms in total. The number of rotatable bonds is 2. The van der Waals surface area contributed by atoms with Gasteiger partial charge in [0.25, 0.3) is 5.56 Å². The molecule has 2 aromatic heterocycles. The first-order valence-corrected chi connectivity index (χ1v) is 9.81. The highest BCUT2D eigenvalue weighted by atomic mass is 32.1. The number of hydrogen-bond donors (Lipinski definition) is 2. The lowest BCUT2D eigenvalue weighted by Gasteiger charge is -2.33. The summed E-state index contributed by atoms with van der Waals surface area (Å²) in [4.78, 5) is 25.1. The number of nitrogens with zero attached hydrogens (tertiary/aromatic N) is 2. The minimum atomic E-state index is -0.186. The largest absolute Gasteiger partial charge is 0.393 e. The van der Waals surface area contributed by atoms with Crippen molar-refractivity contribution in [2.24, 2.45) is 5.92 Å². The van der Waals surface area contributed by atoms with Crippen molar-refractivity contribution in [3.63, 3.8) is 0 Å². The van der Waals surface area contributed by atoms with Crippen LogP contribution >= 0.6 is 11.3 Å². The molecule has 0 saturated carbocycles. The van der Waals surface area contributed by atoms with Crippen LogP contribution in [-0.4, -0.2) is 39.2 Å². The third kappa shape index (κ3) is 2.80. The molecule has 24 heavy (non-hydrogen) atoms. The number of fused-ring (bicyclic) bond motifs is 3. The molecule has 0 unspecified atom stereocenters. The van der Waals surface area contributed by atoms with Crippen molar-refractivity contribution in [3.05, 3.63) is 26.6 Å². The van der Waals surface area contributed by atoms with E-state index in [1.807, 2.05) is 0 Å². The molecule has 2 atom stereocenters. The number of hydrogen-bond acceptors (Lipinski definition) is 5. The molecule has 130 valence electrons. The fourth-order valence-electron chi connectivity index (χ4n) is 4.01. The van der Waals surface area contributed by atoms with Crippen molar-refractivity contribution >= 4 is 21.6 Å². The van der Waals surface area contributed by atoms with Crippen LogP contribution in [0.1, 0.15) is 55.4 Å². The molecular weight excluding hydrogens is 322 g/mol. The van der Waals surface area contributed by atoms with Crippen molar-refractivity contribution in [2.45, 2.75) is 58.1 Å². The molecule has 1 fully saturated rings. The zero-order chi connectivity index (χ0) is 16.8. The predicted molar refractivity (Wildman–Crippen MR) is 96.7 cm³/mol. The van der Waals surface area contributed by atoms with Crippen LogP contribution in [0.3, 0.4) is 0 Å². The van der Waals surface area contributed by atoms with Crippen LogP contribution in [0.4, 0.5) is 0 Å². The molecule has 0 radical (unpaired) electrons. The molecule has 1 saturated heterocycles. The second-order valence-electron chi connectivity index (χ2n) is 7.43. The lowest BCUT2D eigenvalue weighted by atomic mass is 9.89. The molecule has 0 bridgehead atoms. The van der Waals surface area contributed by atoms with E-state index in [2.05, 4.69) is 23.7 Å². The number of aliphatic hydroxyl groups is 1. The van der Waals surface area contributed by atoms with Crippen molar-refractivity contribution < 1.29 is 5.11 Å². The Labute approximate surface area is 145 Å². The highest BCUT2D eigenvalue weighted by molar-refractivity contribution is 7.18. The Balaban J connectivity index is 1.69. The Hall–Kier alpha value is -1.24. The number of aromatic amines is 1. The van der Waals surface area contributed by atoms with Crippen LogP contribution < -0.4 is 5.56 Å². The topological polar surface area (TPSA) is 69.2 Å². The number of aromatic nitrogens is 2. The number of likely N-dealkylation sites (tertiary alicyclic amines) is 1. The molecule has 1 aliphatic heterocycles. The number of thiophene rings is 1. The molecular formula is C18H25N3O2S. The van der Waals surface area contributed by atoms with E-state index in [-0.39, 0.29) is 17.7 Å². The van der Waals surface area contributed by atoms with Crippen LogP contribution in [0.5, 0.6) is 0 Å². The molecule has 2 aromatic rings. The monoisotopic (exact) mass is 347 g/mol. The van der Waals surface area contributed by atoms with Crippen LogP contribution in [0.15, 0.2) is 4.79 Å². The van der Waals surface area contributed by atoms with Crippen LogP contribution in [0.2, 0.25) is 0 Å². The predicted octanol–water partition coefficient (Wildman–Crippen LogP) is 2.63. The molecule has 3 heterocycles. The summed E-state index contributed by atoms with van der Waals surface area (Å²) >= 11 is 1.71. The summed E-state index contributed by atoms with van der Waals surface area (Å²) in [5.74, 6) is 1.46. The zero-order valence-electron chi connectivity index (χ0n) is 14.3. The molecule has 2 aliphatic rings. The van der Waals surface area contributed by atoms with Gasteiger partial charge in [-0.1, -0.05) is 6.92 Å². The van der Waals surface area contributed by atoms with E-state index in [9.17, 15) is 9.90 Å². The van der Waals surface area contributed by atoms with Gasteiger partial charge < -0.3 is 10.1 Å². The van der Waals surface area contributed by atoms with Gasteiger partial charge in [0, 0.05) is 18.0 Å². The normalized spacial score (nSPS) is 24.2. The summed E-state index contributed by atoms with van der Waals surface area (Å²) in [6, 6.07) is 0.0765. The van der Waals surface area contributed by atoms with Gasteiger partial charge in [0.15, 0.2) is 0 Å². The van der Waals surface area contributed by atoms with E-state index in [1.165, 1.54) is 10.4 Å². The van der Waals surface area contributed by atoms with E-state index in [0.29, 0.717) is 5.92 Å². The standard InChI is InChI=1S/C18H25N3O2S/c1-10-3-4-13-14(9-10)24-18-15(13)17(23)19-16(20-18)11(2)21-7-5-12(22)6-8-21/h10-12,22H,3-9H2,1-2H3,(H,19,20,23)/t10-,11-/m0/s1. The van der Waals surface area contributed by atoms with Crippen LogP contribution in [-0.2, 0) is 12.8 Å². The summed E-state index contributed by atoms with van der Waals surface area (Å²) in [7, 11) is 0. The average molecular weight is 347 g/mol. The molecule has 0 spiro atoms. The van der Waals surface area contributed by atoms with Gasteiger partial charge in [-0.2, -0.15) is 0 Å². The third-order valence-corrected chi connectivity index (χ3v) is 6.77. The van der Waals surface area contributed by atoms with Gasteiger partial charge in [-0.25, -0.2) is 4.98 Å². The van der Waals surface area contributed by atoms with Gasteiger partial charge in [0.1, 0.15) is 10.7 Å². The maximum atomic E-state index is 12.7. The molecule has 4 rings (SSSR count). The maximum Gasteiger partial charge on any atom is 0.259 e. The Morgan fingerprint density at radius 3 is 2.83 bits per heavy atom. The first kappa shape index (κ1) is 16.2. The fraction of sp³-hybridized carbons (Fsp3) is 0.667. The number of aliphatic hydroxyl groups excluding tert-OH is 1. The third-order valence-electron chi connectivity index (χ3n) is 5.63. The summed E-state index contributed by atoms with van der Waals surface area (Å²) in [6.45, 7) is 6.08. The lowest BCUT2D eigenvalue weighted by Crippen LogP contribution is -2.38. The van der Waals surface area contributed by atoms with Crippen molar-refractivity contribution in [2.75, 3.05) is 13.1 Å². The summed E-state index contributed by atoms with van der Waals surface area (Å²) < 4.78 is 0. The average Bonchev–Trinajstić information content (AvgIpc) is 2.92. The summed E-state index contributed by atoms with van der Waals surface area (Å²) in [5, 5.41) is 10.5. The first-order valence-electron chi connectivity index (χ1n) is 8.99. The zero-order valence-corrected chi connectivity index (χ0v) is 15.2.